The number of hydrogen-bond acceptors (Lipinski definition) is 3. The van der Waals surface area contributed by atoms with E-state index in [-0.39, 0.29) is 5.63 Å². The van der Waals surface area contributed by atoms with Gasteiger partial charge in [0.1, 0.15) is 0 Å². The van der Waals surface area contributed by atoms with Crippen molar-refractivity contribution in [2.24, 2.45) is 0 Å². The molecule has 0 saturated heterocycles. The van der Waals surface area contributed by atoms with Crippen LogP contribution in [0.15, 0.2) is 39.5 Å². The molecule has 20 heavy (non-hydrogen) atoms. The Labute approximate surface area is 120 Å². The van der Waals surface area contributed by atoms with Crippen molar-refractivity contribution in [3.05, 3.63) is 62.6 Å². The van der Waals surface area contributed by atoms with E-state index in [1.165, 1.54) is 6.07 Å². The lowest BCUT2D eigenvalue weighted by molar-refractivity contribution is 0.535. The third-order valence-corrected chi connectivity index (χ3v) is 3.75. The van der Waals surface area contributed by atoms with E-state index in [0.717, 1.165) is 22.2 Å². The van der Waals surface area contributed by atoms with E-state index in [0.29, 0.717) is 17.3 Å². The van der Waals surface area contributed by atoms with Gasteiger partial charge in [0, 0.05) is 16.8 Å². The molecule has 5 heteroatoms. The van der Waals surface area contributed by atoms with Gasteiger partial charge < -0.3 is 4.42 Å². The average molecular weight is 289 g/mol. The molecule has 0 radical (unpaired) electrons. The average Bonchev–Trinajstić information content (AvgIpc) is 2.69. The first-order chi connectivity index (χ1) is 9.56. The molecule has 3 aromatic rings. The molecule has 4 nitrogen and oxygen atoms in total. The van der Waals surface area contributed by atoms with Crippen molar-refractivity contribution in [1.82, 2.24) is 9.78 Å². The summed E-state index contributed by atoms with van der Waals surface area (Å²) in [6, 6.07) is 9.11. The predicted molar refractivity (Wildman–Crippen MR) is 78.3 cm³/mol. The van der Waals surface area contributed by atoms with Crippen molar-refractivity contribution >= 4 is 22.7 Å². The molecule has 0 saturated carbocycles. The molecule has 0 unspecified atom stereocenters. The highest BCUT2D eigenvalue weighted by atomic mass is 35.5. The summed E-state index contributed by atoms with van der Waals surface area (Å²) in [5.74, 6) is 0. The molecule has 0 atom stereocenters. The van der Waals surface area contributed by atoms with Gasteiger partial charge in [0.25, 0.3) is 0 Å². The molecule has 0 spiro atoms. The maximum Gasteiger partial charge on any atom is 0.337 e. The first-order valence-corrected chi connectivity index (χ1v) is 6.65. The van der Waals surface area contributed by atoms with Crippen LogP contribution in [0.1, 0.15) is 16.8 Å². The van der Waals surface area contributed by atoms with Crippen LogP contribution in [0.25, 0.3) is 11.1 Å². The summed E-state index contributed by atoms with van der Waals surface area (Å²) >= 11 is 6.17. The normalized spacial score (nSPS) is 11.2. The van der Waals surface area contributed by atoms with Gasteiger partial charge in [-0.2, -0.15) is 0 Å². The van der Waals surface area contributed by atoms with E-state index in [9.17, 15) is 4.79 Å². The van der Waals surface area contributed by atoms with Gasteiger partial charge >= 0.3 is 5.63 Å². The number of hydrogen-bond donors (Lipinski definition) is 0. The molecule has 0 aliphatic rings. The number of rotatable bonds is 2. The lowest BCUT2D eigenvalue weighted by Gasteiger charge is -2.06. The Morgan fingerprint density at radius 2 is 2.05 bits per heavy atom. The lowest BCUT2D eigenvalue weighted by Crippen LogP contribution is -2.04. The van der Waals surface area contributed by atoms with E-state index >= 15 is 0 Å². The van der Waals surface area contributed by atoms with Gasteiger partial charge in [0.2, 0.25) is 5.71 Å². The third-order valence-electron chi connectivity index (χ3n) is 3.38. The first-order valence-electron chi connectivity index (χ1n) is 6.27. The Bertz CT molecular complexity index is 849. The fourth-order valence-electron chi connectivity index (χ4n) is 2.36. The van der Waals surface area contributed by atoms with Crippen LogP contribution in [0, 0.1) is 13.8 Å². The number of aromatic nitrogens is 2. The Hall–Kier alpha value is -2.07. The minimum Gasteiger partial charge on any atom is -0.402 e. The van der Waals surface area contributed by atoms with Gasteiger partial charge in [0.05, 0.1) is 11.9 Å². The van der Waals surface area contributed by atoms with Gasteiger partial charge in [-0.05, 0) is 31.0 Å². The highest BCUT2D eigenvalue weighted by molar-refractivity contribution is 6.31. The molecule has 0 bridgehead atoms. The van der Waals surface area contributed by atoms with E-state index in [1.807, 2.05) is 42.8 Å². The topological polar surface area (TPSA) is 48.0 Å². The summed E-state index contributed by atoms with van der Waals surface area (Å²) in [7, 11) is 0. The largest absolute Gasteiger partial charge is 0.402 e. The Balaban J connectivity index is 2.14. The molecule has 2 heterocycles. The van der Waals surface area contributed by atoms with Crippen LogP contribution in [-0.4, -0.2) is 9.78 Å². The molecule has 0 aliphatic carbocycles. The molecule has 0 aliphatic heterocycles. The summed E-state index contributed by atoms with van der Waals surface area (Å²) in [6.07, 6.45) is 0. The molecule has 0 fully saturated rings. The number of benzene rings is 1. The second-order valence-corrected chi connectivity index (χ2v) is 5.17. The number of aryl methyl sites for hydroxylation is 2. The quantitative estimate of drug-likeness (QED) is 0.727. The molecular weight excluding hydrogens is 276 g/mol. The first kappa shape index (κ1) is 12.9. The molecule has 102 valence electrons. The van der Waals surface area contributed by atoms with Crippen LogP contribution >= 0.6 is 11.6 Å². The fourth-order valence-corrected chi connectivity index (χ4v) is 2.56. The van der Waals surface area contributed by atoms with Gasteiger partial charge in [-0.3, -0.25) is 4.68 Å². The minimum absolute atomic E-state index is 0.375. The lowest BCUT2D eigenvalue weighted by atomic mass is 10.2. The van der Waals surface area contributed by atoms with E-state index in [1.54, 1.807) is 0 Å². The summed E-state index contributed by atoms with van der Waals surface area (Å²) in [5, 5.41) is 5.95. The number of nitrogens with zero attached hydrogens (tertiary/aromatic N) is 2. The highest BCUT2D eigenvalue weighted by Crippen LogP contribution is 2.22. The second kappa shape index (κ2) is 4.80. The maximum atomic E-state index is 11.4. The molecule has 3 rings (SSSR count). The highest BCUT2D eigenvalue weighted by Gasteiger charge is 2.13. The van der Waals surface area contributed by atoms with Crippen molar-refractivity contribution in [3.8, 4) is 0 Å². The smallest absolute Gasteiger partial charge is 0.337 e. The molecule has 1 aromatic carbocycles. The van der Waals surface area contributed by atoms with E-state index in [2.05, 4.69) is 5.10 Å². The van der Waals surface area contributed by atoms with Gasteiger partial charge in [-0.25, -0.2) is 4.79 Å². The van der Waals surface area contributed by atoms with Crippen LogP contribution in [0.5, 0.6) is 0 Å². The van der Waals surface area contributed by atoms with Gasteiger partial charge in [-0.1, -0.05) is 29.8 Å². The number of halogens is 1. The summed E-state index contributed by atoms with van der Waals surface area (Å²) < 4.78 is 6.96. The SMILES string of the molecule is Cc1cc(=O)oc2nn(Cc3ccccc3Cl)c(C)c12. The summed E-state index contributed by atoms with van der Waals surface area (Å²) in [5.41, 5.74) is 2.81. The Morgan fingerprint density at radius 3 is 2.80 bits per heavy atom. The summed E-state index contributed by atoms with van der Waals surface area (Å²) in [4.78, 5) is 11.4. The standard InChI is InChI=1S/C15H13ClN2O2/c1-9-7-13(19)20-15-14(9)10(2)18(17-15)8-11-5-3-4-6-12(11)16/h3-7H,8H2,1-2H3. The molecule has 2 aromatic heterocycles. The maximum absolute atomic E-state index is 11.4. The van der Waals surface area contributed by atoms with Crippen molar-refractivity contribution in [3.63, 3.8) is 0 Å². The van der Waals surface area contributed by atoms with Gasteiger partial charge in [-0.15, -0.1) is 5.10 Å². The van der Waals surface area contributed by atoms with Crippen LogP contribution < -0.4 is 5.63 Å². The van der Waals surface area contributed by atoms with Crippen molar-refractivity contribution in [2.75, 3.05) is 0 Å². The number of fused-ring (bicyclic) bond motifs is 1. The van der Waals surface area contributed by atoms with Crippen LogP contribution in [0.4, 0.5) is 0 Å². The summed E-state index contributed by atoms with van der Waals surface area (Å²) in [6.45, 7) is 4.39. The predicted octanol–water partition coefficient (Wildman–Crippen LogP) is 3.31. The second-order valence-electron chi connectivity index (χ2n) is 4.76. The zero-order chi connectivity index (χ0) is 14.3. The zero-order valence-electron chi connectivity index (χ0n) is 11.2. The Morgan fingerprint density at radius 1 is 1.30 bits per heavy atom. The van der Waals surface area contributed by atoms with Crippen LogP contribution in [0.2, 0.25) is 5.02 Å². The van der Waals surface area contributed by atoms with Gasteiger partial charge in [0.15, 0.2) is 0 Å². The minimum atomic E-state index is -0.377. The van der Waals surface area contributed by atoms with Crippen molar-refractivity contribution < 1.29 is 4.42 Å². The molecule has 0 N–H and O–H groups in total. The molecule has 0 amide bonds. The molecular formula is C15H13ClN2O2. The fraction of sp³-hybridized carbons (Fsp3) is 0.200. The third kappa shape index (κ3) is 2.12. The van der Waals surface area contributed by atoms with Crippen LogP contribution in [0.3, 0.4) is 0 Å². The monoisotopic (exact) mass is 288 g/mol. The van der Waals surface area contributed by atoms with Crippen LogP contribution in [-0.2, 0) is 6.54 Å². The zero-order valence-corrected chi connectivity index (χ0v) is 11.9. The van der Waals surface area contributed by atoms with E-state index < -0.39 is 0 Å². The van der Waals surface area contributed by atoms with Crippen molar-refractivity contribution in [2.45, 2.75) is 20.4 Å². The Kier molecular flexibility index (Phi) is 3.10. The van der Waals surface area contributed by atoms with E-state index in [4.69, 9.17) is 16.0 Å². The van der Waals surface area contributed by atoms with Crippen molar-refractivity contribution in [1.29, 1.82) is 0 Å².